The molecule has 0 atom stereocenters. The van der Waals surface area contributed by atoms with Crippen molar-refractivity contribution in [2.45, 2.75) is 0 Å². The molecule has 0 saturated heterocycles. The van der Waals surface area contributed by atoms with Crippen LogP contribution < -0.4 is 22.5 Å². The molecular weight excluding hydrogens is 735 g/mol. The standard InChI is InChI=1S/C54H41GeN/c1-6-16-42(17-7-1)45-28-36-52(37-29-45)56(53-38-30-46(31-39-53)43-18-8-2-9-19-43)54-40-32-47(33-41-54)44-26-34-51(35-27-44)55(48-20-10-3-11-21-48,49-22-12-4-13-23-49)50-24-14-5-15-25-50/h1-41H. The topological polar surface area (TPSA) is 3.24 Å². The number of rotatable bonds is 10. The molecule has 0 fully saturated rings. The molecular formula is C54H41GeN. The second kappa shape index (κ2) is 16.0. The summed E-state index contributed by atoms with van der Waals surface area (Å²) in [4.78, 5) is 2.35. The maximum absolute atomic E-state index is 3.32. The molecule has 0 unspecified atom stereocenters. The van der Waals surface area contributed by atoms with Crippen molar-refractivity contribution >= 4 is 47.9 Å². The van der Waals surface area contributed by atoms with Gasteiger partial charge in [-0.05, 0) is 22.3 Å². The summed E-state index contributed by atoms with van der Waals surface area (Å²) in [5.41, 5.74) is 10.6. The van der Waals surface area contributed by atoms with E-state index >= 15 is 0 Å². The molecule has 56 heavy (non-hydrogen) atoms. The fourth-order valence-electron chi connectivity index (χ4n) is 8.09. The molecule has 9 aromatic rings. The molecule has 266 valence electrons. The summed E-state index contributed by atoms with van der Waals surface area (Å²) in [6.45, 7) is 0. The van der Waals surface area contributed by atoms with Crippen molar-refractivity contribution < 1.29 is 0 Å². The molecule has 0 N–H and O–H groups in total. The van der Waals surface area contributed by atoms with E-state index in [-0.39, 0.29) is 0 Å². The van der Waals surface area contributed by atoms with Crippen molar-refractivity contribution in [3.05, 3.63) is 249 Å². The van der Waals surface area contributed by atoms with Gasteiger partial charge in [0.05, 0.1) is 0 Å². The van der Waals surface area contributed by atoms with Crippen molar-refractivity contribution in [3.8, 4) is 33.4 Å². The van der Waals surface area contributed by atoms with E-state index in [1.165, 1.54) is 51.0 Å². The minimum atomic E-state index is -3.32. The van der Waals surface area contributed by atoms with Gasteiger partial charge in [0.15, 0.2) is 0 Å². The first-order valence-electron chi connectivity index (χ1n) is 19.3. The van der Waals surface area contributed by atoms with Gasteiger partial charge in [-0.25, -0.2) is 0 Å². The van der Waals surface area contributed by atoms with E-state index < -0.39 is 13.3 Å². The third-order valence-electron chi connectivity index (χ3n) is 10.9. The fourth-order valence-corrected chi connectivity index (χ4v) is 18.0. The Morgan fingerprint density at radius 3 is 0.696 bits per heavy atom. The third kappa shape index (κ3) is 6.90. The number of hydrogen-bond acceptors (Lipinski definition) is 1. The molecule has 0 radical (unpaired) electrons. The van der Waals surface area contributed by atoms with E-state index in [0.717, 1.165) is 17.1 Å². The second-order valence-electron chi connectivity index (χ2n) is 14.1. The Kier molecular flexibility index (Phi) is 9.99. The van der Waals surface area contributed by atoms with Gasteiger partial charge in [-0.2, -0.15) is 0 Å². The van der Waals surface area contributed by atoms with Crippen LogP contribution >= 0.6 is 0 Å². The quantitative estimate of drug-likeness (QED) is 0.125. The van der Waals surface area contributed by atoms with Crippen molar-refractivity contribution in [1.29, 1.82) is 0 Å². The molecule has 0 amide bonds. The zero-order chi connectivity index (χ0) is 37.6. The van der Waals surface area contributed by atoms with Crippen LogP contribution in [0.1, 0.15) is 0 Å². The van der Waals surface area contributed by atoms with Gasteiger partial charge in [-0.1, -0.05) is 60.7 Å². The number of hydrogen-bond donors (Lipinski definition) is 0. The van der Waals surface area contributed by atoms with Gasteiger partial charge in [-0.15, -0.1) is 0 Å². The van der Waals surface area contributed by atoms with Crippen molar-refractivity contribution in [2.24, 2.45) is 0 Å². The molecule has 1 nitrogen and oxygen atoms in total. The van der Waals surface area contributed by atoms with Gasteiger partial charge in [-0.3, -0.25) is 0 Å². The Labute approximate surface area is 333 Å². The van der Waals surface area contributed by atoms with E-state index in [2.05, 4.69) is 254 Å². The van der Waals surface area contributed by atoms with Gasteiger partial charge in [0.25, 0.3) is 0 Å². The van der Waals surface area contributed by atoms with Crippen molar-refractivity contribution in [3.63, 3.8) is 0 Å². The Bertz CT molecular complexity index is 2430. The predicted octanol–water partition coefficient (Wildman–Crippen LogP) is 11.5. The summed E-state index contributed by atoms with van der Waals surface area (Å²) in [5.74, 6) is 0. The molecule has 0 aliphatic heterocycles. The van der Waals surface area contributed by atoms with Gasteiger partial charge in [0, 0.05) is 0 Å². The summed E-state index contributed by atoms with van der Waals surface area (Å²) >= 11 is -3.32. The first-order valence-corrected chi connectivity index (χ1v) is 23.5. The van der Waals surface area contributed by atoms with Crippen LogP contribution in [0.3, 0.4) is 0 Å². The van der Waals surface area contributed by atoms with Gasteiger partial charge in [0.2, 0.25) is 0 Å². The smallest absolute Gasteiger partial charge is 0.0617 e. The van der Waals surface area contributed by atoms with E-state index in [0.29, 0.717) is 0 Å². The van der Waals surface area contributed by atoms with Crippen LogP contribution in [0.5, 0.6) is 0 Å². The molecule has 0 aliphatic carbocycles. The van der Waals surface area contributed by atoms with Gasteiger partial charge in [0.1, 0.15) is 0 Å². The Hall–Kier alpha value is -6.68. The molecule has 0 bridgehead atoms. The predicted molar refractivity (Wildman–Crippen MR) is 241 cm³/mol. The SMILES string of the molecule is c1ccc(-c2ccc(N(c3ccc(-c4ccccc4)cc3)c3ccc(-c4cc[c]([Ge]([c]5ccccc5)([c]5ccccc5)[c]5ccccc5)cc4)cc3)cc2)cc1. The zero-order valence-electron chi connectivity index (χ0n) is 31.1. The minimum absolute atomic E-state index is 1.11. The zero-order valence-corrected chi connectivity index (χ0v) is 33.2. The molecule has 0 heterocycles. The summed E-state index contributed by atoms with van der Waals surface area (Å²) in [6, 6.07) is 90.9. The number of benzene rings is 9. The molecule has 9 aromatic carbocycles. The fraction of sp³-hybridized carbons (Fsp3) is 0. The molecule has 9 rings (SSSR count). The summed E-state index contributed by atoms with van der Waals surface area (Å²) in [6.07, 6.45) is 0. The first-order chi connectivity index (χ1) is 27.8. The van der Waals surface area contributed by atoms with Crippen molar-refractivity contribution in [1.82, 2.24) is 0 Å². The average Bonchev–Trinajstić information content (AvgIpc) is 3.29. The maximum atomic E-state index is 2.39. The van der Waals surface area contributed by atoms with E-state index in [4.69, 9.17) is 0 Å². The van der Waals surface area contributed by atoms with Crippen LogP contribution in [0.2, 0.25) is 0 Å². The number of nitrogens with zero attached hydrogens (tertiary/aromatic N) is 1. The molecule has 0 saturated carbocycles. The first kappa shape index (κ1) is 35.1. The van der Waals surface area contributed by atoms with Crippen LogP contribution in [-0.2, 0) is 0 Å². The number of anilines is 3. The Morgan fingerprint density at radius 2 is 0.411 bits per heavy atom. The summed E-state index contributed by atoms with van der Waals surface area (Å²) < 4.78 is 5.69. The third-order valence-corrected chi connectivity index (χ3v) is 20.9. The molecule has 0 aromatic heterocycles. The van der Waals surface area contributed by atoms with E-state index in [9.17, 15) is 0 Å². The molecule has 0 spiro atoms. The van der Waals surface area contributed by atoms with Crippen LogP contribution in [0.25, 0.3) is 33.4 Å². The van der Waals surface area contributed by atoms with Crippen LogP contribution in [0.4, 0.5) is 17.1 Å². The van der Waals surface area contributed by atoms with Crippen LogP contribution in [0, 0.1) is 0 Å². The van der Waals surface area contributed by atoms with E-state index in [1.54, 1.807) is 0 Å². The van der Waals surface area contributed by atoms with Crippen LogP contribution in [-0.4, -0.2) is 13.3 Å². The summed E-state index contributed by atoms with van der Waals surface area (Å²) in [7, 11) is 0. The van der Waals surface area contributed by atoms with Gasteiger partial charge < -0.3 is 0 Å². The molecule has 0 aliphatic rings. The van der Waals surface area contributed by atoms with Gasteiger partial charge >= 0.3 is 252 Å². The van der Waals surface area contributed by atoms with Crippen LogP contribution in [0.15, 0.2) is 249 Å². The Morgan fingerprint density at radius 1 is 0.196 bits per heavy atom. The summed E-state index contributed by atoms with van der Waals surface area (Å²) in [5, 5.41) is 0. The average molecular weight is 777 g/mol. The molecule has 2 heteroatoms. The second-order valence-corrected chi connectivity index (χ2v) is 22.1. The normalized spacial score (nSPS) is 11.2. The van der Waals surface area contributed by atoms with Crippen molar-refractivity contribution in [2.75, 3.05) is 4.90 Å². The van der Waals surface area contributed by atoms with E-state index in [1.807, 2.05) is 0 Å². The minimum Gasteiger partial charge on any atom is -0.0617 e. The Balaban J connectivity index is 1.08. The monoisotopic (exact) mass is 777 g/mol.